The molecule has 0 aromatic rings. The van der Waals surface area contributed by atoms with Crippen LogP contribution in [0.2, 0.25) is 0 Å². The zero-order valence-electron chi connectivity index (χ0n) is 8.95. The molecule has 0 aliphatic rings. The third-order valence-electron chi connectivity index (χ3n) is 1.21. The van der Waals surface area contributed by atoms with E-state index in [0.717, 1.165) is 12.8 Å². The Bertz CT molecular complexity index is 244. The van der Waals surface area contributed by atoms with Crippen molar-refractivity contribution < 1.29 is 48.4 Å². The van der Waals surface area contributed by atoms with Gasteiger partial charge in [-0.3, -0.25) is 0 Å². The molecule has 13 heavy (non-hydrogen) atoms. The molecule has 7 heteroatoms. The fraction of sp³-hybridized carbons (Fsp3) is 0.833. The Kier molecular flexibility index (Phi) is 9.18. The fourth-order valence-corrected chi connectivity index (χ4v) is 1.59. The van der Waals surface area contributed by atoms with Gasteiger partial charge in [-0.05, 0) is 6.42 Å². The summed E-state index contributed by atoms with van der Waals surface area (Å²) in [5.74, 6) is -0.149. The van der Waals surface area contributed by atoms with Crippen LogP contribution in [0.4, 0.5) is 4.79 Å². The van der Waals surface area contributed by atoms with Crippen molar-refractivity contribution in [3.05, 3.63) is 0 Å². The molecule has 5 nitrogen and oxygen atoms in total. The van der Waals surface area contributed by atoms with Gasteiger partial charge in [0.05, 0.1) is 5.75 Å². The smallest absolute Gasteiger partial charge is 1.00 e. The van der Waals surface area contributed by atoms with E-state index in [1.54, 1.807) is 0 Å². The van der Waals surface area contributed by atoms with E-state index in [0.29, 0.717) is 6.42 Å². The van der Waals surface area contributed by atoms with Gasteiger partial charge in [0.15, 0.2) is 0 Å². The van der Waals surface area contributed by atoms with Crippen molar-refractivity contribution in [2.75, 3.05) is 5.75 Å². The summed E-state index contributed by atoms with van der Waals surface area (Å²) in [6.45, 7) is 1.95. The van der Waals surface area contributed by atoms with E-state index in [2.05, 4.69) is 9.92 Å². The van der Waals surface area contributed by atoms with E-state index < -0.39 is 16.2 Å². The predicted octanol–water partition coefficient (Wildman–Crippen LogP) is -2.28. The number of rotatable bonds is 5. The van der Waals surface area contributed by atoms with E-state index in [4.69, 9.17) is 0 Å². The SMILES string of the molecule is CCCCCS(=O)(=O)OC(N)=O.[H-].[Na+]. The minimum absolute atomic E-state index is 0. The first-order valence-electron chi connectivity index (χ1n) is 3.69. The first kappa shape index (κ1) is 15.7. The van der Waals surface area contributed by atoms with Gasteiger partial charge in [-0.2, -0.15) is 8.42 Å². The van der Waals surface area contributed by atoms with Gasteiger partial charge in [0.1, 0.15) is 0 Å². The standard InChI is InChI=1S/C6H13NO4S.Na.H/c1-2-3-4-5-12(9,10)11-6(7)8;;/h2-5H2,1H3,(H2,7,8);;/q;+1;-1. The molecule has 74 valence electrons. The summed E-state index contributed by atoms with van der Waals surface area (Å²) in [4.78, 5) is 10.1. The van der Waals surface area contributed by atoms with Crippen molar-refractivity contribution in [1.82, 2.24) is 0 Å². The number of primary amides is 1. The second-order valence-electron chi connectivity index (χ2n) is 2.37. The number of nitrogens with two attached hydrogens (primary N) is 1. The predicted molar refractivity (Wildman–Crippen MR) is 45.1 cm³/mol. The normalized spacial score (nSPS) is 10.2. The maximum Gasteiger partial charge on any atom is 1.00 e. The molecule has 0 aromatic carbocycles. The molecular weight excluding hydrogens is 205 g/mol. The molecule has 0 heterocycles. The molecule has 0 bridgehead atoms. The summed E-state index contributed by atoms with van der Waals surface area (Å²) < 4.78 is 25.5. The molecule has 0 spiro atoms. The van der Waals surface area contributed by atoms with Crippen molar-refractivity contribution in [1.29, 1.82) is 0 Å². The van der Waals surface area contributed by atoms with E-state index in [1.807, 2.05) is 6.92 Å². The van der Waals surface area contributed by atoms with E-state index in [1.165, 1.54) is 0 Å². The molecule has 0 unspecified atom stereocenters. The number of unbranched alkanes of at least 4 members (excludes halogenated alkanes) is 2. The van der Waals surface area contributed by atoms with Crippen LogP contribution in [0.5, 0.6) is 0 Å². The van der Waals surface area contributed by atoms with Crippen LogP contribution in [0.1, 0.15) is 27.6 Å². The molecule has 0 aliphatic heterocycles. The molecule has 0 aromatic heterocycles. The quantitative estimate of drug-likeness (QED) is 0.320. The maximum atomic E-state index is 10.8. The number of hydrogen-bond donors (Lipinski definition) is 1. The van der Waals surface area contributed by atoms with Crippen molar-refractivity contribution in [3.8, 4) is 0 Å². The average Bonchev–Trinajstić information content (AvgIpc) is 1.84. The Balaban J connectivity index is -0.000000605. The number of carbonyl (C=O) groups excluding carboxylic acids is 1. The van der Waals surface area contributed by atoms with Crippen LogP contribution in [0.25, 0.3) is 0 Å². The van der Waals surface area contributed by atoms with Gasteiger partial charge in [0, 0.05) is 0 Å². The summed E-state index contributed by atoms with van der Waals surface area (Å²) in [5.41, 5.74) is 4.54. The Labute approximate surface area is 102 Å². The summed E-state index contributed by atoms with van der Waals surface area (Å²) in [6, 6.07) is 0. The average molecular weight is 219 g/mol. The molecule has 0 atom stereocenters. The molecule has 0 fully saturated rings. The third kappa shape index (κ3) is 10.1. The fourth-order valence-electron chi connectivity index (χ4n) is 0.696. The first-order valence-corrected chi connectivity index (χ1v) is 5.27. The van der Waals surface area contributed by atoms with Gasteiger partial charge in [0.25, 0.3) is 0 Å². The third-order valence-corrected chi connectivity index (χ3v) is 2.41. The largest absolute Gasteiger partial charge is 1.00 e. The molecule has 0 saturated carbocycles. The Hall–Kier alpha value is 0.220. The van der Waals surface area contributed by atoms with Crippen molar-refractivity contribution in [2.24, 2.45) is 5.73 Å². The number of hydrogen-bond acceptors (Lipinski definition) is 4. The van der Waals surface area contributed by atoms with Crippen LogP contribution >= 0.6 is 0 Å². The monoisotopic (exact) mass is 219 g/mol. The van der Waals surface area contributed by atoms with Gasteiger partial charge >= 0.3 is 45.8 Å². The minimum Gasteiger partial charge on any atom is -1.00 e. The van der Waals surface area contributed by atoms with Crippen molar-refractivity contribution >= 4 is 16.2 Å². The van der Waals surface area contributed by atoms with Crippen LogP contribution in [0.3, 0.4) is 0 Å². The Morgan fingerprint density at radius 2 is 2.00 bits per heavy atom. The Morgan fingerprint density at radius 1 is 1.46 bits per heavy atom. The van der Waals surface area contributed by atoms with Gasteiger partial charge < -0.3 is 11.3 Å². The van der Waals surface area contributed by atoms with E-state index in [9.17, 15) is 13.2 Å². The molecule has 0 rings (SSSR count). The number of amides is 1. The Morgan fingerprint density at radius 3 is 2.38 bits per heavy atom. The van der Waals surface area contributed by atoms with Crippen LogP contribution in [-0.4, -0.2) is 20.3 Å². The van der Waals surface area contributed by atoms with E-state index >= 15 is 0 Å². The zero-order valence-corrected chi connectivity index (χ0v) is 10.8. The van der Waals surface area contributed by atoms with Gasteiger partial charge in [-0.25, -0.2) is 4.79 Å². The molecule has 0 saturated heterocycles. The molecule has 0 radical (unpaired) electrons. The first-order chi connectivity index (χ1) is 5.48. The molecular formula is C6H14NNaO4S. The maximum absolute atomic E-state index is 10.8. The summed E-state index contributed by atoms with van der Waals surface area (Å²) in [5, 5.41) is 0. The second-order valence-corrected chi connectivity index (χ2v) is 4.06. The minimum atomic E-state index is -3.73. The topological polar surface area (TPSA) is 86.5 Å². The molecule has 2 N–H and O–H groups in total. The van der Waals surface area contributed by atoms with Crippen LogP contribution in [0.15, 0.2) is 0 Å². The van der Waals surface area contributed by atoms with Crippen molar-refractivity contribution in [3.63, 3.8) is 0 Å². The van der Waals surface area contributed by atoms with Gasteiger partial charge in [-0.1, -0.05) is 19.8 Å². The van der Waals surface area contributed by atoms with Crippen molar-refractivity contribution in [2.45, 2.75) is 26.2 Å². The van der Waals surface area contributed by atoms with Crippen LogP contribution in [0, 0.1) is 0 Å². The van der Waals surface area contributed by atoms with E-state index in [-0.39, 0.29) is 36.7 Å². The van der Waals surface area contributed by atoms with Gasteiger partial charge in [-0.15, -0.1) is 0 Å². The number of carbonyl (C=O) groups is 1. The van der Waals surface area contributed by atoms with Crippen LogP contribution in [-0.2, 0) is 14.3 Å². The molecule has 1 amide bonds. The summed E-state index contributed by atoms with van der Waals surface area (Å²) >= 11 is 0. The van der Waals surface area contributed by atoms with Gasteiger partial charge in [0.2, 0.25) is 0 Å². The second kappa shape index (κ2) is 7.61. The zero-order chi connectivity index (χ0) is 9.61. The summed E-state index contributed by atoms with van der Waals surface area (Å²) in [6.07, 6.45) is 0.922. The van der Waals surface area contributed by atoms with Crippen LogP contribution < -0.4 is 35.3 Å². The summed E-state index contributed by atoms with van der Waals surface area (Å²) in [7, 11) is -3.73. The molecule has 0 aliphatic carbocycles.